The zero-order chi connectivity index (χ0) is 16.7. The number of amides is 1. The molecule has 24 heavy (non-hydrogen) atoms. The Morgan fingerprint density at radius 2 is 1.96 bits per heavy atom. The van der Waals surface area contributed by atoms with Gasteiger partial charge in [0.2, 0.25) is 0 Å². The summed E-state index contributed by atoms with van der Waals surface area (Å²) in [6.07, 6.45) is 2.23. The van der Waals surface area contributed by atoms with E-state index < -0.39 is 5.82 Å². The number of benzene rings is 2. The molecule has 1 unspecified atom stereocenters. The van der Waals surface area contributed by atoms with Gasteiger partial charge in [0.15, 0.2) is 0 Å². The number of aromatic nitrogens is 1. The van der Waals surface area contributed by atoms with Crippen molar-refractivity contribution >= 4 is 16.8 Å². The van der Waals surface area contributed by atoms with Crippen LogP contribution in [0.15, 0.2) is 42.5 Å². The Bertz CT molecular complexity index is 932. The van der Waals surface area contributed by atoms with E-state index in [1.54, 1.807) is 12.1 Å². The van der Waals surface area contributed by atoms with Gasteiger partial charge in [0.25, 0.3) is 5.91 Å². The van der Waals surface area contributed by atoms with Crippen LogP contribution in [0.4, 0.5) is 8.78 Å². The third-order valence-electron chi connectivity index (χ3n) is 4.57. The standard InChI is InChI=1S/C19H16F2N2O/c20-12-3-1-2-11(8-12)19(24)22-14-5-7-18-16(10-14)15-9-13(21)4-6-17(15)23-18/h1-4,6,8-9,14,23H,5,7,10H2,(H,22,24). The van der Waals surface area contributed by atoms with E-state index in [1.807, 2.05) is 0 Å². The molecule has 0 saturated heterocycles. The van der Waals surface area contributed by atoms with Crippen molar-refractivity contribution in [2.75, 3.05) is 0 Å². The van der Waals surface area contributed by atoms with Crippen LogP contribution in [0.5, 0.6) is 0 Å². The van der Waals surface area contributed by atoms with Gasteiger partial charge in [-0.15, -0.1) is 0 Å². The minimum atomic E-state index is -0.430. The fourth-order valence-corrected chi connectivity index (χ4v) is 3.41. The van der Waals surface area contributed by atoms with Crippen molar-refractivity contribution in [1.29, 1.82) is 0 Å². The number of hydrogen-bond donors (Lipinski definition) is 2. The lowest BCUT2D eigenvalue weighted by Gasteiger charge is -2.23. The third-order valence-corrected chi connectivity index (χ3v) is 4.57. The number of halogens is 2. The predicted octanol–water partition coefficient (Wildman–Crippen LogP) is 3.73. The number of aryl methyl sites for hydroxylation is 1. The predicted molar refractivity (Wildman–Crippen MR) is 87.9 cm³/mol. The number of fused-ring (bicyclic) bond motifs is 3. The Morgan fingerprint density at radius 3 is 2.79 bits per heavy atom. The molecular weight excluding hydrogens is 310 g/mol. The highest BCUT2D eigenvalue weighted by Gasteiger charge is 2.24. The first-order valence-electron chi connectivity index (χ1n) is 7.95. The maximum atomic E-state index is 13.5. The summed E-state index contributed by atoms with van der Waals surface area (Å²) < 4.78 is 26.8. The van der Waals surface area contributed by atoms with Crippen molar-refractivity contribution in [3.63, 3.8) is 0 Å². The Kier molecular flexibility index (Phi) is 3.56. The minimum Gasteiger partial charge on any atom is -0.358 e. The highest BCUT2D eigenvalue weighted by Crippen LogP contribution is 2.29. The zero-order valence-corrected chi connectivity index (χ0v) is 12.9. The Labute approximate surface area is 137 Å². The SMILES string of the molecule is O=C(NC1CCc2[nH]c3ccc(F)cc3c2C1)c1cccc(F)c1. The van der Waals surface area contributed by atoms with Crippen LogP contribution >= 0.6 is 0 Å². The molecule has 0 fully saturated rings. The van der Waals surface area contributed by atoms with Crippen LogP contribution in [0.2, 0.25) is 0 Å². The first-order valence-corrected chi connectivity index (χ1v) is 7.95. The maximum Gasteiger partial charge on any atom is 0.251 e. The van der Waals surface area contributed by atoms with Gasteiger partial charge in [-0.25, -0.2) is 8.78 Å². The number of H-pyrrole nitrogens is 1. The summed E-state index contributed by atoms with van der Waals surface area (Å²) in [6, 6.07) is 10.3. The van der Waals surface area contributed by atoms with E-state index in [0.29, 0.717) is 12.0 Å². The van der Waals surface area contributed by atoms with Crippen molar-refractivity contribution in [1.82, 2.24) is 10.3 Å². The van der Waals surface area contributed by atoms with Crippen LogP contribution in [0.25, 0.3) is 10.9 Å². The van der Waals surface area contributed by atoms with Crippen LogP contribution in [-0.4, -0.2) is 16.9 Å². The number of carbonyl (C=O) groups excluding carboxylic acids is 1. The second-order valence-corrected chi connectivity index (χ2v) is 6.20. The molecule has 2 aromatic carbocycles. The summed E-state index contributed by atoms with van der Waals surface area (Å²) in [4.78, 5) is 15.6. The summed E-state index contributed by atoms with van der Waals surface area (Å²) in [6.45, 7) is 0. The molecule has 1 aliphatic rings. The second-order valence-electron chi connectivity index (χ2n) is 6.20. The van der Waals surface area contributed by atoms with Crippen LogP contribution in [0.3, 0.4) is 0 Å². The average Bonchev–Trinajstić information content (AvgIpc) is 2.92. The number of carbonyl (C=O) groups is 1. The fourth-order valence-electron chi connectivity index (χ4n) is 3.41. The topological polar surface area (TPSA) is 44.9 Å². The van der Waals surface area contributed by atoms with Crippen LogP contribution in [0.1, 0.15) is 28.0 Å². The summed E-state index contributed by atoms with van der Waals surface area (Å²) >= 11 is 0. The molecule has 5 heteroatoms. The van der Waals surface area contributed by atoms with Crippen LogP contribution in [0, 0.1) is 11.6 Å². The van der Waals surface area contributed by atoms with E-state index in [1.165, 1.54) is 30.3 Å². The summed E-state index contributed by atoms with van der Waals surface area (Å²) in [5.41, 5.74) is 3.39. The van der Waals surface area contributed by atoms with E-state index in [9.17, 15) is 13.6 Å². The Hall–Kier alpha value is -2.69. The zero-order valence-electron chi connectivity index (χ0n) is 12.9. The van der Waals surface area contributed by atoms with E-state index in [0.717, 1.165) is 35.0 Å². The van der Waals surface area contributed by atoms with Gasteiger partial charge in [0, 0.05) is 28.2 Å². The normalized spacial score (nSPS) is 16.8. The van der Waals surface area contributed by atoms with E-state index in [2.05, 4.69) is 10.3 Å². The van der Waals surface area contributed by atoms with Crippen molar-refractivity contribution in [2.45, 2.75) is 25.3 Å². The number of nitrogens with one attached hydrogen (secondary N) is 2. The van der Waals surface area contributed by atoms with Gasteiger partial charge in [-0.1, -0.05) is 6.07 Å². The monoisotopic (exact) mass is 326 g/mol. The summed E-state index contributed by atoms with van der Waals surface area (Å²) in [7, 11) is 0. The molecule has 3 nitrogen and oxygen atoms in total. The van der Waals surface area contributed by atoms with Gasteiger partial charge >= 0.3 is 0 Å². The molecule has 0 spiro atoms. The molecule has 122 valence electrons. The van der Waals surface area contributed by atoms with Crippen molar-refractivity contribution < 1.29 is 13.6 Å². The van der Waals surface area contributed by atoms with Gasteiger partial charge in [0.05, 0.1) is 0 Å². The molecule has 0 aliphatic heterocycles. The lowest BCUT2D eigenvalue weighted by Crippen LogP contribution is -2.38. The second kappa shape index (κ2) is 5.74. The molecular formula is C19H16F2N2O. The lowest BCUT2D eigenvalue weighted by molar-refractivity contribution is 0.0933. The molecule has 0 saturated carbocycles. The molecule has 0 radical (unpaired) electrons. The van der Waals surface area contributed by atoms with Gasteiger partial charge in [-0.3, -0.25) is 4.79 Å². The summed E-state index contributed by atoms with van der Waals surface area (Å²) in [5, 5.41) is 3.83. The van der Waals surface area contributed by atoms with E-state index >= 15 is 0 Å². The molecule has 1 amide bonds. The molecule has 2 N–H and O–H groups in total. The van der Waals surface area contributed by atoms with Crippen molar-refractivity contribution in [3.8, 4) is 0 Å². The van der Waals surface area contributed by atoms with Gasteiger partial charge in [-0.2, -0.15) is 0 Å². The van der Waals surface area contributed by atoms with E-state index in [-0.39, 0.29) is 17.8 Å². The Morgan fingerprint density at radius 1 is 1.12 bits per heavy atom. The highest BCUT2D eigenvalue weighted by molar-refractivity contribution is 5.94. The smallest absolute Gasteiger partial charge is 0.251 e. The average molecular weight is 326 g/mol. The number of hydrogen-bond acceptors (Lipinski definition) is 1. The number of rotatable bonds is 2. The third kappa shape index (κ3) is 2.66. The molecule has 0 bridgehead atoms. The van der Waals surface area contributed by atoms with Crippen molar-refractivity contribution in [2.24, 2.45) is 0 Å². The van der Waals surface area contributed by atoms with Crippen LogP contribution in [-0.2, 0) is 12.8 Å². The molecule has 1 aromatic heterocycles. The largest absolute Gasteiger partial charge is 0.358 e. The first kappa shape index (κ1) is 14.9. The fraction of sp³-hybridized carbons (Fsp3) is 0.211. The van der Waals surface area contributed by atoms with Crippen molar-refractivity contribution in [3.05, 3.63) is 70.9 Å². The summed E-state index contributed by atoms with van der Waals surface area (Å²) in [5.74, 6) is -0.982. The highest BCUT2D eigenvalue weighted by atomic mass is 19.1. The maximum absolute atomic E-state index is 13.5. The van der Waals surface area contributed by atoms with Gasteiger partial charge in [0.1, 0.15) is 11.6 Å². The lowest BCUT2D eigenvalue weighted by atomic mass is 9.91. The molecule has 4 rings (SSSR count). The van der Waals surface area contributed by atoms with Gasteiger partial charge in [-0.05, 0) is 61.2 Å². The minimum absolute atomic E-state index is 0.0458. The molecule has 3 aromatic rings. The molecule has 1 atom stereocenters. The molecule has 1 heterocycles. The Balaban J connectivity index is 1.57. The molecule has 1 aliphatic carbocycles. The quantitative estimate of drug-likeness (QED) is 0.740. The number of aromatic amines is 1. The van der Waals surface area contributed by atoms with E-state index in [4.69, 9.17) is 0 Å². The van der Waals surface area contributed by atoms with Gasteiger partial charge < -0.3 is 10.3 Å². The first-order chi connectivity index (χ1) is 11.6. The van der Waals surface area contributed by atoms with Crippen LogP contribution < -0.4 is 5.32 Å².